The number of benzene rings is 2. The summed E-state index contributed by atoms with van der Waals surface area (Å²) in [4.78, 5) is 1.22. The fourth-order valence-corrected chi connectivity index (χ4v) is 4.52. The number of hydrogen-bond acceptors (Lipinski definition) is 1. The molecule has 2 aromatic carbocycles. The molecule has 0 saturated carbocycles. The monoisotopic (exact) mass is 362 g/mol. The Balaban J connectivity index is 1.94. The highest BCUT2D eigenvalue weighted by molar-refractivity contribution is 7.19. The van der Waals surface area contributed by atoms with E-state index in [-0.39, 0.29) is 0 Å². The molecule has 0 aliphatic heterocycles. The van der Waals surface area contributed by atoms with E-state index in [0.29, 0.717) is 0 Å². The molecule has 25 heavy (non-hydrogen) atoms. The molecule has 0 unspecified atom stereocenters. The molecule has 0 fully saturated rings. The van der Waals surface area contributed by atoms with E-state index in [4.69, 9.17) is 0 Å². The SMILES string of the molecule is CCCc1c(CCc2cccc(C)c2)sc2cc(C(F)(F)F)ccc12. The predicted molar refractivity (Wildman–Crippen MR) is 99.4 cm³/mol. The molecule has 0 aliphatic rings. The van der Waals surface area contributed by atoms with Crippen molar-refractivity contribution in [1.82, 2.24) is 0 Å². The number of aryl methyl sites for hydroxylation is 4. The van der Waals surface area contributed by atoms with E-state index in [9.17, 15) is 13.2 Å². The number of alkyl halides is 3. The minimum Gasteiger partial charge on any atom is -0.166 e. The van der Waals surface area contributed by atoms with Crippen LogP contribution in [0.15, 0.2) is 42.5 Å². The molecule has 3 aromatic rings. The standard InChI is InChI=1S/C21H21F3S/c1-3-5-17-18-10-9-16(21(22,23)24)13-20(18)25-19(17)11-8-15-7-4-6-14(2)12-15/h4,6-7,9-10,12-13H,3,5,8,11H2,1-2H3. The van der Waals surface area contributed by atoms with E-state index < -0.39 is 11.7 Å². The second-order valence-electron chi connectivity index (χ2n) is 6.45. The third-order valence-electron chi connectivity index (χ3n) is 4.43. The fourth-order valence-electron chi connectivity index (χ4n) is 3.23. The molecule has 0 aliphatic carbocycles. The topological polar surface area (TPSA) is 0 Å². The van der Waals surface area contributed by atoms with Gasteiger partial charge in [0.2, 0.25) is 0 Å². The summed E-state index contributed by atoms with van der Waals surface area (Å²) in [5.74, 6) is 0. The summed E-state index contributed by atoms with van der Waals surface area (Å²) in [6, 6.07) is 12.6. The number of rotatable bonds is 5. The van der Waals surface area contributed by atoms with Crippen LogP contribution in [0.4, 0.5) is 13.2 Å². The quantitative estimate of drug-likeness (QED) is 0.460. The molecule has 0 radical (unpaired) electrons. The van der Waals surface area contributed by atoms with Gasteiger partial charge in [-0.05, 0) is 54.8 Å². The van der Waals surface area contributed by atoms with Gasteiger partial charge in [0.05, 0.1) is 5.56 Å². The van der Waals surface area contributed by atoms with Gasteiger partial charge in [0.15, 0.2) is 0 Å². The maximum absolute atomic E-state index is 13.0. The van der Waals surface area contributed by atoms with Gasteiger partial charge in [0.1, 0.15) is 0 Å². The largest absolute Gasteiger partial charge is 0.416 e. The molecule has 0 amide bonds. The third kappa shape index (κ3) is 4.06. The summed E-state index contributed by atoms with van der Waals surface area (Å²) in [7, 11) is 0. The molecule has 0 spiro atoms. The first-order chi connectivity index (χ1) is 11.9. The van der Waals surface area contributed by atoms with Crippen molar-refractivity contribution in [3.8, 4) is 0 Å². The molecule has 1 heterocycles. The van der Waals surface area contributed by atoms with Crippen LogP contribution < -0.4 is 0 Å². The summed E-state index contributed by atoms with van der Waals surface area (Å²) in [5, 5.41) is 0.985. The zero-order chi connectivity index (χ0) is 18.0. The van der Waals surface area contributed by atoms with Crippen molar-refractivity contribution in [3.05, 3.63) is 69.6 Å². The molecule has 3 rings (SSSR count). The number of hydrogen-bond donors (Lipinski definition) is 0. The summed E-state index contributed by atoms with van der Waals surface area (Å²) in [5.41, 5.74) is 3.17. The first-order valence-electron chi connectivity index (χ1n) is 8.55. The average Bonchev–Trinajstić information content (AvgIpc) is 2.90. The van der Waals surface area contributed by atoms with Crippen LogP contribution in [0.5, 0.6) is 0 Å². The second kappa shape index (κ2) is 7.20. The Morgan fingerprint density at radius 2 is 1.76 bits per heavy atom. The Hall–Kier alpha value is -1.81. The van der Waals surface area contributed by atoms with E-state index in [1.165, 1.54) is 45.0 Å². The second-order valence-corrected chi connectivity index (χ2v) is 7.59. The van der Waals surface area contributed by atoms with Gasteiger partial charge in [-0.2, -0.15) is 13.2 Å². The maximum atomic E-state index is 13.0. The van der Waals surface area contributed by atoms with E-state index in [2.05, 4.69) is 38.1 Å². The van der Waals surface area contributed by atoms with Crippen LogP contribution in [0.1, 0.15) is 40.5 Å². The van der Waals surface area contributed by atoms with Gasteiger partial charge in [-0.3, -0.25) is 0 Å². The fraction of sp³-hybridized carbons (Fsp3) is 0.333. The summed E-state index contributed by atoms with van der Waals surface area (Å²) >= 11 is 1.52. The lowest BCUT2D eigenvalue weighted by molar-refractivity contribution is -0.137. The molecule has 1 aromatic heterocycles. The maximum Gasteiger partial charge on any atom is 0.416 e. The molecule has 0 N–H and O–H groups in total. The van der Waals surface area contributed by atoms with Gasteiger partial charge in [0, 0.05) is 9.58 Å². The normalized spacial score (nSPS) is 12.0. The van der Waals surface area contributed by atoms with Gasteiger partial charge >= 0.3 is 6.18 Å². The van der Waals surface area contributed by atoms with Crippen LogP contribution in [-0.4, -0.2) is 0 Å². The van der Waals surface area contributed by atoms with Crippen molar-refractivity contribution >= 4 is 21.4 Å². The van der Waals surface area contributed by atoms with E-state index in [1.54, 1.807) is 6.07 Å². The Kier molecular flexibility index (Phi) is 5.19. The molecule has 0 atom stereocenters. The highest BCUT2D eigenvalue weighted by Gasteiger charge is 2.31. The Morgan fingerprint density at radius 3 is 2.44 bits per heavy atom. The Bertz CT molecular complexity index is 874. The minimum atomic E-state index is -4.29. The molecule has 132 valence electrons. The van der Waals surface area contributed by atoms with Crippen LogP contribution >= 0.6 is 11.3 Å². The van der Waals surface area contributed by atoms with E-state index in [0.717, 1.165) is 35.8 Å². The Morgan fingerprint density at radius 1 is 0.960 bits per heavy atom. The number of halogens is 3. The van der Waals surface area contributed by atoms with Crippen LogP contribution in [0.3, 0.4) is 0 Å². The van der Waals surface area contributed by atoms with Crippen LogP contribution in [0, 0.1) is 6.92 Å². The van der Waals surface area contributed by atoms with Gasteiger partial charge in [0.25, 0.3) is 0 Å². The summed E-state index contributed by atoms with van der Waals surface area (Å²) < 4.78 is 39.7. The van der Waals surface area contributed by atoms with Crippen molar-refractivity contribution in [2.24, 2.45) is 0 Å². The molecule has 4 heteroatoms. The smallest absolute Gasteiger partial charge is 0.166 e. The van der Waals surface area contributed by atoms with Crippen molar-refractivity contribution in [2.45, 2.75) is 45.7 Å². The van der Waals surface area contributed by atoms with Gasteiger partial charge in [-0.1, -0.05) is 49.2 Å². The zero-order valence-corrected chi connectivity index (χ0v) is 15.2. The third-order valence-corrected chi connectivity index (χ3v) is 5.68. The highest BCUT2D eigenvalue weighted by Crippen LogP contribution is 2.38. The van der Waals surface area contributed by atoms with Crippen molar-refractivity contribution in [2.75, 3.05) is 0 Å². The Labute approximate surface area is 150 Å². The lowest BCUT2D eigenvalue weighted by atomic mass is 10.0. The van der Waals surface area contributed by atoms with Gasteiger partial charge in [-0.25, -0.2) is 0 Å². The van der Waals surface area contributed by atoms with Crippen molar-refractivity contribution in [1.29, 1.82) is 0 Å². The van der Waals surface area contributed by atoms with Crippen LogP contribution in [-0.2, 0) is 25.4 Å². The first kappa shape index (κ1) is 18.0. The lowest BCUT2D eigenvalue weighted by Crippen LogP contribution is -2.03. The average molecular weight is 362 g/mol. The minimum absolute atomic E-state index is 0.561. The van der Waals surface area contributed by atoms with Gasteiger partial charge in [-0.15, -0.1) is 11.3 Å². The van der Waals surface area contributed by atoms with E-state index >= 15 is 0 Å². The van der Waals surface area contributed by atoms with Crippen LogP contribution in [0.2, 0.25) is 0 Å². The lowest BCUT2D eigenvalue weighted by Gasteiger charge is -2.07. The van der Waals surface area contributed by atoms with Crippen molar-refractivity contribution < 1.29 is 13.2 Å². The summed E-state index contributed by atoms with van der Waals surface area (Å²) in [6.07, 6.45) is -0.597. The molecular weight excluding hydrogens is 341 g/mol. The zero-order valence-electron chi connectivity index (χ0n) is 14.4. The summed E-state index contributed by atoms with van der Waals surface area (Å²) in [6.45, 7) is 4.18. The van der Waals surface area contributed by atoms with Crippen molar-refractivity contribution in [3.63, 3.8) is 0 Å². The van der Waals surface area contributed by atoms with E-state index in [1.807, 2.05) is 0 Å². The number of fused-ring (bicyclic) bond motifs is 1. The molecule has 0 saturated heterocycles. The molecule has 0 bridgehead atoms. The predicted octanol–water partition coefficient (Wildman–Crippen LogP) is 6.97. The molecular formula is C21H21F3S. The van der Waals surface area contributed by atoms with Gasteiger partial charge < -0.3 is 0 Å². The highest BCUT2D eigenvalue weighted by atomic mass is 32.1. The first-order valence-corrected chi connectivity index (χ1v) is 9.37. The van der Waals surface area contributed by atoms with Crippen LogP contribution in [0.25, 0.3) is 10.1 Å². The number of thiophene rings is 1. The molecule has 0 nitrogen and oxygen atoms in total.